The van der Waals surface area contributed by atoms with E-state index in [1.54, 1.807) is 0 Å². The van der Waals surface area contributed by atoms with Crippen LogP contribution in [0.2, 0.25) is 0 Å². The normalized spacial score (nSPS) is 19.1. The first kappa shape index (κ1) is 14.8. The molecular weight excluding hydrogens is 224 g/mol. The SMILES string of the molecule is C=CCC(C#N)C1CCN(C(=O)C(C)(C)C)CC1. The first-order valence-electron chi connectivity index (χ1n) is 6.70. The molecule has 3 nitrogen and oxygen atoms in total. The molecule has 0 radical (unpaired) electrons. The summed E-state index contributed by atoms with van der Waals surface area (Å²) >= 11 is 0. The van der Waals surface area contributed by atoms with Crippen LogP contribution in [0.15, 0.2) is 12.7 Å². The van der Waals surface area contributed by atoms with Crippen LogP contribution in [0.25, 0.3) is 0 Å². The molecule has 0 spiro atoms. The van der Waals surface area contributed by atoms with E-state index in [2.05, 4.69) is 12.6 Å². The molecule has 1 atom stereocenters. The number of allylic oxidation sites excluding steroid dienone is 1. The van der Waals surface area contributed by atoms with Crippen molar-refractivity contribution in [3.8, 4) is 6.07 Å². The monoisotopic (exact) mass is 248 g/mol. The molecular formula is C15H24N2O. The number of piperidine rings is 1. The zero-order chi connectivity index (χ0) is 13.8. The lowest BCUT2D eigenvalue weighted by Crippen LogP contribution is -2.44. The van der Waals surface area contributed by atoms with Crippen LogP contribution in [-0.4, -0.2) is 23.9 Å². The van der Waals surface area contributed by atoms with Gasteiger partial charge in [0.1, 0.15) is 0 Å². The molecule has 1 fully saturated rings. The van der Waals surface area contributed by atoms with Crippen LogP contribution in [0.3, 0.4) is 0 Å². The first-order chi connectivity index (χ1) is 8.40. The highest BCUT2D eigenvalue weighted by Crippen LogP contribution is 2.29. The standard InChI is InChI=1S/C15H24N2O/c1-5-6-13(11-16)12-7-9-17(10-8-12)14(18)15(2,3)4/h5,12-13H,1,6-10H2,2-4H3. The maximum atomic E-state index is 12.1. The molecule has 1 heterocycles. The highest BCUT2D eigenvalue weighted by atomic mass is 16.2. The van der Waals surface area contributed by atoms with Gasteiger partial charge in [0.25, 0.3) is 0 Å². The molecule has 3 heteroatoms. The highest BCUT2D eigenvalue weighted by Gasteiger charge is 2.32. The van der Waals surface area contributed by atoms with Gasteiger partial charge in [0.15, 0.2) is 0 Å². The fourth-order valence-corrected chi connectivity index (χ4v) is 2.51. The van der Waals surface area contributed by atoms with E-state index in [0.29, 0.717) is 5.92 Å². The molecule has 0 bridgehead atoms. The molecule has 0 aromatic heterocycles. The Morgan fingerprint density at radius 2 is 2.06 bits per heavy atom. The molecule has 1 amide bonds. The summed E-state index contributed by atoms with van der Waals surface area (Å²) in [5, 5.41) is 9.14. The summed E-state index contributed by atoms with van der Waals surface area (Å²) in [6.07, 6.45) is 4.46. The third kappa shape index (κ3) is 3.60. The van der Waals surface area contributed by atoms with Gasteiger partial charge in [0.2, 0.25) is 5.91 Å². The van der Waals surface area contributed by atoms with Gasteiger partial charge < -0.3 is 4.90 Å². The minimum atomic E-state index is -0.303. The van der Waals surface area contributed by atoms with Crippen molar-refractivity contribution in [1.29, 1.82) is 5.26 Å². The first-order valence-corrected chi connectivity index (χ1v) is 6.70. The number of carbonyl (C=O) groups excluding carboxylic acids is 1. The van der Waals surface area contributed by atoms with Gasteiger partial charge in [0.05, 0.1) is 12.0 Å². The molecule has 0 aromatic rings. The van der Waals surface area contributed by atoms with Gasteiger partial charge in [-0.15, -0.1) is 6.58 Å². The summed E-state index contributed by atoms with van der Waals surface area (Å²) in [6, 6.07) is 2.37. The molecule has 0 aromatic carbocycles. The van der Waals surface area contributed by atoms with E-state index >= 15 is 0 Å². The number of nitrogens with zero attached hydrogens (tertiary/aromatic N) is 2. The van der Waals surface area contributed by atoms with Gasteiger partial charge in [-0.05, 0) is 25.2 Å². The molecule has 1 aliphatic heterocycles. The number of nitriles is 1. The van der Waals surface area contributed by atoms with Crippen molar-refractivity contribution in [2.75, 3.05) is 13.1 Å². The molecule has 0 N–H and O–H groups in total. The Bertz CT molecular complexity index is 340. The summed E-state index contributed by atoms with van der Waals surface area (Å²) in [7, 11) is 0. The fourth-order valence-electron chi connectivity index (χ4n) is 2.51. The minimum Gasteiger partial charge on any atom is -0.342 e. The van der Waals surface area contributed by atoms with Gasteiger partial charge in [-0.2, -0.15) is 5.26 Å². The van der Waals surface area contributed by atoms with Crippen molar-refractivity contribution in [2.45, 2.75) is 40.0 Å². The van der Waals surface area contributed by atoms with Crippen molar-refractivity contribution < 1.29 is 4.79 Å². The quantitative estimate of drug-likeness (QED) is 0.721. The van der Waals surface area contributed by atoms with Crippen LogP contribution in [0.1, 0.15) is 40.0 Å². The van der Waals surface area contributed by atoms with Crippen LogP contribution in [0, 0.1) is 28.6 Å². The second-order valence-corrected chi connectivity index (χ2v) is 6.14. The number of hydrogen-bond donors (Lipinski definition) is 0. The van der Waals surface area contributed by atoms with Crippen LogP contribution >= 0.6 is 0 Å². The molecule has 0 aliphatic carbocycles. The van der Waals surface area contributed by atoms with Crippen molar-refractivity contribution in [2.24, 2.45) is 17.3 Å². The summed E-state index contributed by atoms with van der Waals surface area (Å²) in [5.41, 5.74) is -0.303. The van der Waals surface area contributed by atoms with E-state index in [4.69, 9.17) is 5.26 Å². The van der Waals surface area contributed by atoms with Gasteiger partial charge in [-0.25, -0.2) is 0 Å². The Balaban J connectivity index is 2.53. The van der Waals surface area contributed by atoms with E-state index in [1.165, 1.54) is 0 Å². The predicted octanol–water partition coefficient (Wildman–Crippen LogP) is 2.99. The van der Waals surface area contributed by atoms with E-state index in [1.807, 2.05) is 31.7 Å². The van der Waals surface area contributed by atoms with E-state index in [0.717, 1.165) is 32.4 Å². The largest absolute Gasteiger partial charge is 0.342 e. The van der Waals surface area contributed by atoms with Crippen molar-refractivity contribution in [1.82, 2.24) is 4.90 Å². The van der Waals surface area contributed by atoms with Crippen LogP contribution in [0.5, 0.6) is 0 Å². The smallest absolute Gasteiger partial charge is 0.227 e. The molecule has 18 heavy (non-hydrogen) atoms. The zero-order valence-electron chi connectivity index (χ0n) is 11.8. The average molecular weight is 248 g/mol. The molecule has 1 saturated heterocycles. The predicted molar refractivity (Wildman–Crippen MR) is 72.7 cm³/mol. The van der Waals surface area contributed by atoms with E-state index < -0.39 is 0 Å². The van der Waals surface area contributed by atoms with Gasteiger partial charge in [-0.1, -0.05) is 26.8 Å². The number of amides is 1. The van der Waals surface area contributed by atoms with Crippen molar-refractivity contribution in [3.05, 3.63) is 12.7 Å². The second-order valence-electron chi connectivity index (χ2n) is 6.14. The minimum absolute atomic E-state index is 0.0642. The average Bonchev–Trinajstić information content (AvgIpc) is 2.34. The maximum absolute atomic E-state index is 12.1. The highest BCUT2D eigenvalue weighted by molar-refractivity contribution is 5.81. The maximum Gasteiger partial charge on any atom is 0.227 e. The van der Waals surface area contributed by atoms with Gasteiger partial charge in [0, 0.05) is 18.5 Å². The lowest BCUT2D eigenvalue weighted by molar-refractivity contribution is -0.141. The molecule has 1 rings (SSSR count). The summed E-state index contributed by atoms with van der Waals surface area (Å²) < 4.78 is 0. The lowest BCUT2D eigenvalue weighted by Gasteiger charge is -2.36. The van der Waals surface area contributed by atoms with Gasteiger partial charge >= 0.3 is 0 Å². The third-order valence-electron chi connectivity index (χ3n) is 3.62. The number of carbonyl (C=O) groups is 1. The second kappa shape index (κ2) is 6.04. The Kier molecular flexibility index (Phi) is 4.95. The molecule has 1 aliphatic rings. The van der Waals surface area contributed by atoms with Gasteiger partial charge in [-0.3, -0.25) is 4.79 Å². The number of likely N-dealkylation sites (tertiary alicyclic amines) is 1. The lowest BCUT2D eigenvalue weighted by atomic mass is 9.82. The molecule has 100 valence electrons. The number of rotatable bonds is 3. The zero-order valence-corrected chi connectivity index (χ0v) is 11.8. The van der Waals surface area contributed by atoms with Crippen LogP contribution < -0.4 is 0 Å². The molecule has 1 unspecified atom stereocenters. The molecule has 0 saturated carbocycles. The Labute approximate surface area is 110 Å². The number of hydrogen-bond acceptors (Lipinski definition) is 2. The summed E-state index contributed by atoms with van der Waals surface area (Å²) in [5.74, 6) is 0.699. The Morgan fingerprint density at radius 3 is 2.44 bits per heavy atom. The Hall–Kier alpha value is -1.30. The van der Waals surface area contributed by atoms with E-state index in [-0.39, 0.29) is 17.2 Å². The summed E-state index contributed by atoms with van der Waals surface area (Å²) in [4.78, 5) is 14.1. The van der Waals surface area contributed by atoms with Crippen molar-refractivity contribution >= 4 is 5.91 Å². The van der Waals surface area contributed by atoms with Crippen molar-refractivity contribution in [3.63, 3.8) is 0 Å². The third-order valence-corrected chi connectivity index (χ3v) is 3.62. The van der Waals surface area contributed by atoms with Crippen LogP contribution in [-0.2, 0) is 4.79 Å². The fraction of sp³-hybridized carbons (Fsp3) is 0.733. The van der Waals surface area contributed by atoms with Crippen LogP contribution in [0.4, 0.5) is 0 Å². The topological polar surface area (TPSA) is 44.1 Å². The van der Waals surface area contributed by atoms with E-state index in [9.17, 15) is 4.79 Å². The Morgan fingerprint density at radius 1 is 1.50 bits per heavy atom. The summed E-state index contributed by atoms with van der Waals surface area (Å²) in [6.45, 7) is 11.1.